The van der Waals surface area contributed by atoms with Gasteiger partial charge < -0.3 is 52.5 Å². The Morgan fingerprint density at radius 1 is 0.480 bits per heavy atom. The molecule has 0 radical (unpaired) electrons. The molecule has 2 aliphatic rings. The van der Waals surface area contributed by atoms with E-state index in [0.717, 1.165) is 129 Å². The van der Waals surface area contributed by atoms with E-state index in [1.807, 2.05) is 156 Å². The summed E-state index contributed by atoms with van der Waals surface area (Å²) in [4.78, 5) is 32.9. The number of quaternary nitrogens is 1. The molecule has 0 saturated carbocycles. The number of carbonyl (C=O) groups is 2. The van der Waals surface area contributed by atoms with Crippen molar-refractivity contribution in [2.24, 2.45) is 116 Å². The molecule has 14 aromatic rings. The Labute approximate surface area is 737 Å². The lowest BCUT2D eigenvalue weighted by molar-refractivity contribution is -0.862. The summed E-state index contributed by atoms with van der Waals surface area (Å²) in [5.74, 6) is 2.19. The van der Waals surface area contributed by atoms with E-state index < -0.39 is 0 Å². The first-order valence-corrected chi connectivity index (χ1v) is 40.1. The molecule has 2 saturated heterocycles. The molecule has 690 valence electrons. The standard InChI is InChI=1S/C11H20N6O.C10H13N4.C9H17N5O.C9H17N5.C9H11N4.C5H10N4.C4H8N4.C4H7N3O.C3H7N5.2C3H6N4.C3H5N3/c1-15-3-5-17(6-4-15)9-11(18)12-7-10-8-16(2)14-13-10;1-8-6-13(2)5-4-9(8)10-7-14(3)12-11-10;1-13-6-8(11-12-13)5-10-9(15)7-14(2,3)4;1-13-8-9(11-12-13)2-5-14-6-3-10-4-7-14;1-12-5-3-8(4-6-12)9-7-13(2)11-10-9;1-9-4-5(2-3-6)7-8-9;1-8-3-4(2-5)6-7-8;1-7-2-4(3-8)5-6-7;1-8-6-3(2-4)5-7-8;1-3-4-5-6-7(3)2;1-3-4-6-7(2)5-3;1-6-3-2-4-5-6/h8H,3-7,9H2,1-2H3,(H,12,18);4-7H,1-3H3;6H,5,7H2,1-4H3;8,10H,2-7H2,1H3;3-7H,1-2H3;4H,2-3,6H2,1H3;3H,2,5H2,1H3;2,8H,3H2,1H3;2,4H2,1H3;2*1-2H3;2-3H,1H3/q;+1;;;+1;;;;;;;/p+1. The molecule has 0 aromatic carbocycles. The molecule has 16 rings (SSSR count). The highest BCUT2D eigenvalue weighted by Gasteiger charge is 2.18. The normalized spacial score (nSPS) is 12.2. The van der Waals surface area contributed by atoms with Crippen LogP contribution in [0.1, 0.15) is 57.2 Å². The average Bonchev–Trinajstić information content (AvgIpc) is 1.75. The molecule has 54 heteroatoms. The van der Waals surface area contributed by atoms with Crippen LogP contribution >= 0.6 is 0 Å². The summed E-state index contributed by atoms with van der Waals surface area (Å²) < 4.78 is 21.1. The van der Waals surface area contributed by atoms with Gasteiger partial charge in [-0.25, -0.2) is 13.8 Å². The van der Waals surface area contributed by atoms with Crippen LogP contribution in [-0.4, -0.2) is 338 Å². The van der Waals surface area contributed by atoms with Gasteiger partial charge in [0, 0.05) is 221 Å². The van der Waals surface area contributed by atoms with Gasteiger partial charge in [0.1, 0.15) is 48.4 Å². The van der Waals surface area contributed by atoms with Crippen molar-refractivity contribution >= 4 is 11.8 Å². The molecule has 0 aliphatic carbocycles. The Bertz CT molecular complexity index is 5120. The molecular formula is C73H128N51O3+3. The highest BCUT2D eigenvalue weighted by Crippen LogP contribution is 2.18. The van der Waals surface area contributed by atoms with Gasteiger partial charge in [0.25, 0.3) is 5.91 Å². The Hall–Kier alpha value is -13.6. The zero-order valence-corrected chi connectivity index (χ0v) is 76.9. The quantitative estimate of drug-likeness (QED) is 0.0310. The van der Waals surface area contributed by atoms with E-state index >= 15 is 0 Å². The van der Waals surface area contributed by atoms with Crippen LogP contribution in [-0.2, 0) is 154 Å². The first-order chi connectivity index (χ1) is 60.5. The summed E-state index contributed by atoms with van der Waals surface area (Å²) in [6.07, 6.45) is 28.0. The van der Waals surface area contributed by atoms with Gasteiger partial charge in [-0.2, -0.15) is 9.59 Å². The summed E-state index contributed by atoms with van der Waals surface area (Å²) >= 11 is 0. The summed E-state index contributed by atoms with van der Waals surface area (Å²) in [5, 5.41) is 119. The zero-order valence-electron chi connectivity index (χ0n) is 76.9. The molecular weight excluding hydrogens is 1640 g/mol. The third-order valence-electron chi connectivity index (χ3n) is 16.8. The monoisotopic (exact) mass is 1770 g/mol. The maximum atomic E-state index is 11.8. The van der Waals surface area contributed by atoms with Crippen LogP contribution in [0.4, 0.5) is 0 Å². The van der Waals surface area contributed by atoms with Crippen molar-refractivity contribution in [1.29, 1.82) is 0 Å². The lowest BCUT2D eigenvalue weighted by Crippen LogP contribution is -2.48. The van der Waals surface area contributed by atoms with Gasteiger partial charge in [-0.15, -0.1) is 71.4 Å². The number of nitrogens with one attached hydrogen (secondary N) is 3. The molecule has 0 bridgehead atoms. The molecule has 0 spiro atoms. The smallest absolute Gasteiger partial charge is 0.275 e. The molecule has 14 aromatic heterocycles. The Kier molecular flexibility index (Phi) is 46.0. The number of carbonyl (C=O) groups excluding carboxylic acids is 2. The lowest BCUT2D eigenvalue weighted by atomic mass is 10.1. The van der Waals surface area contributed by atoms with E-state index in [0.29, 0.717) is 67.6 Å². The van der Waals surface area contributed by atoms with E-state index in [2.05, 4.69) is 196 Å². The number of aromatic nitrogens is 41. The number of likely N-dealkylation sites (N-methyl/N-ethyl adjacent to an activating group) is 2. The number of amides is 2. The molecule has 2 aliphatic heterocycles. The summed E-state index contributed by atoms with van der Waals surface area (Å²) in [6, 6.07) is 6.09. The summed E-state index contributed by atoms with van der Waals surface area (Å²) in [7, 11) is 33.7. The van der Waals surface area contributed by atoms with Crippen molar-refractivity contribution in [3.8, 4) is 22.5 Å². The van der Waals surface area contributed by atoms with Crippen LogP contribution in [0.3, 0.4) is 0 Å². The predicted molar refractivity (Wildman–Crippen MR) is 461 cm³/mol. The Morgan fingerprint density at radius 3 is 1.31 bits per heavy atom. The first-order valence-electron chi connectivity index (χ1n) is 40.1. The predicted octanol–water partition coefficient (Wildman–Crippen LogP) is -6.58. The molecule has 127 heavy (non-hydrogen) atoms. The van der Waals surface area contributed by atoms with Crippen molar-refractivity contribution in [2.75, 3.05) is 107 Å². The third-order valence-corrected chi connectivity index (χ3v) is 16.8. The molecule has 2 amide bonds. The van der Waals surface area contributed by atoms with Crippen LogP contribution in [0.2, 0.25) is 0 Å². The summed E-state index contributed by atoms with van der Waals surface area (Å²) in [6.45, 7) is 18.5. The second-order valence-electron chi connectivity index (χ2n) is 29.8. The zero-order chi connectivity index (χ0) is 93.2. The van der Waals surface area contributed by atoms with Crippen LogP contribution in [0.15, 0.2) is 105 Å². The van der Waals surface area contributed by atoms with Crippen molar-refractivity contribution in [3.05, 3.63) is 162 Å². The number of aliphatic hydroxyl groups excluding tert-OH is 1. The number of piperazine rings is 2. The van der Waals surface area contributed by atoms with E-state index in [1.165, 1.54) is 15.2 Å². The second-order valence-corrected chi connectivity index (χ2v) is 29.8. The largest absolute Gasteiger partial charge is 0.390 e. The minimum absolute atomic E-state index is 0.0214. The fourth-order valence-corrected chi connectivity index (χ4v) is 10.4. The van der Waals surface area contributed by atoms with Crippen LogP contribution in [0.25, 0.3) is 22.5 Å². The van der Waals surface area contributed by atoms with Crippen molar-refractivity contribution in [2.45, 2.75) is 66.4 Å². The van der Waals surface area contributed by atoms with Crippen LogP contribution in [0.5, 0.6) is 0 Å². The van der Waals surface area contributed by atoms with E-state index in [4.69, 9.17) is 22.3 Å². The van der Waals surface area contributed by atoms with Crippen LogP contribution < -0.4 is 42.3 Å². The number of pyridine rings is 2. The van der Waals surface area contributed by atoms with Crippen LogP contribution in [0, 0.1) is 20.8 Å². The number of rotatable bonds is 18. The number of hydrogen-bond donors (Lipinski definition) is 7. The number of hydrogen-bond acceptors (Lipinski definition) is 37. The third kappa shape index (κ3) is 44.5. The second kappa shape index (κ2) is 56.3. The van der Waals surface area contributed by atoms with Gasteiger partial charge in [-0.1, -0.05) is 46.9 Å². The molecule has 0 unspecified atom stereocenters. The number of aryl methyl sites for hydroxylation is 17. The van der Waals surface area contributed by atoms with Crippen molar-refractivity contribution in [1.82, 2.24) is 226 Å². The van der Waals surface area contributed by atoms with Gasteiger partial charge in [0.05, 0.1) is 110 Å². The minimum Gasteiger partial charge on any atom is -0.390 e. The van der Waals surface area contributed by atoms with Crippen molar-refractivity contribution in [3.63, 3.8) is 0 Å². The van der Waals surface area contributed by atoms with Gasteiger partial charge in [-0.05, 0) is 55.2 Å². The number of nitrogens with zero attached hydrogens (tertiary/aromatic N) is 45. The highest BCUT2D eigenvalue weighted by molar-refractivity contribution is 5.78. The maximum Gasteiger partial charge on any atom is 0.275 e. The minimum atomic E-state index is -0.0339. The molecule has 2 fully saturated rings. The van der Waals surface area contributed by atoms with Gasteiger partial charge in [-0.3, -0.25) is 56.6 Å². The topological polar surface area (TPSA) is 593 Å². The average molecular weight is 1770 g/mol. The van der Waals surface area contributed by atoms with E-state index in [1.54, 1.807) is 126 Å². The number of tetrazole rings is 3. The SMILES string of the molecule is CN1CCN(CC(=O)NCc2cn(C)nn2)CC1.Cc1c[n+](C)ccc1-c1cn(C)nn1.Cc1nnn(C)n1.Cc1nnnn1C.Cn1cc(-c2cc[n+](C)cc2)nn1.Cn1cc(CCN)nn1.Cn1cc(CCN2CCNCC2)nn1.Cn1cc(CN)nn1.Cn1cc(CNC(=O)C[N+](C)(C)C)nn1.Cn1cc(CO)nn1.Cn1ccnn1.Cn1nnc(CN)n1. The maximum absolute atomic E-state index is 11.8. The molecule has 16 heterocycles. The molecule has 54 nitrogen and oxygen atoms in total. The van der Waals surface area contributed by atoms with Gasteiger partial charge >= 0.3 is 0 Å². The summed E-state index contributed by atoms with van der Waals surface area (Å²) in [5.41, 5.74) is 26.0. The number of aliphatic hydroxyl groups is 1. The fourth-order valence-electron chi connectivity index (χ4n) is 10.4. The van der Waals surface area contributed by atoms with Gasteiger partial charge in [0.2, 0.25) is 5.91 Å². The van der Waals surface area contributed by atoms with Crippen molar-refractivity contribution < 1.29 is 28.3 Å². The van der Waals surface area contributed by atoms with Gasteiger partial charge in [0.15, 0.2) is 43.0 Å². The molecule has 10 N–H and O–H groups in total. The Balaban J connectivity index is 0.000000249. The van der Waals surface area contributed by atoms with E-state index in [-0.39, 0.29) is 18.4 Å². The van der Waals surface area contributed by atoms with E-state index in [9.17, 15) is 9.59 Å². The fraction of sp³-hybridized carbons (Fsp3) is 0.548. The number of nitrogens with two attached hydrogens (primary N) is 3. The molecule has 0 atom stereocenters. The Morgan fingerprint density at radius 2 is 0.961 bits per heavy atom. The first kappa shape index (κ1) is 104. The highest BCUT2D eigenvalue weighted by atomic mass is 16.3. The lowest BCUT2D eigenvalue weighted by Gasteiger charge is -2.31.